The molecule has 0 unspecified atom stereocenters. The lowest BCUT2D eigenvalue weighted by Gasteiger charge is -2.07. The fourth-order valence-electron chi connectivity index (χ4n) is 2.37. The summed E-state index contributed by atoms with van der Waals surface area (Å²) in [5.74, 6) is -0.404. The Hall–Kier alpha value is -2.86. The third-order valence-electron chi connectivity index (χ3n) is 3.72. The van der Waals surface area contributed by atoms with Gasteiger partial charge in [0.1, 0.15) is 5.75 Å². The number of hydrogen-bond donors (Lipinski definition) is 3. The zero-order valence-corrected chi connectivity index (χ0v) is 20.2. The quantitative estimate of drug-likeness (QED) is 0.276. The molecule has 13 heteroatoms. The highest BCUT2D eigenvalue weighted by atomic mass is 35.5. The summed E-state index contributed by atoms with van der Waals surface area (Å²) in [5, 5.41) is 16.9. The van der Waals surface area contributed by atoms with Gasteiger partial charge in [0.15, 0.2) is 10.9 Å². The molecule has 1 heterocycles. The zero-order chi connectivity index (χ0) is 23.8. The fourth-order valence-corrected chi connectivity index (χ4v) is 4.41. The van der Waals surface area contributed by atoms with E-state index in [-0.39, 0.29) is 29.3 Å². The van der Waals surface area contributed by atoms with Crippen molar-refractivity contribution in [3.63, 3.8) is 0 Å². The number of benzene rings is 2. The Bertz CT molecular complexity index is 1160. The minimum Gasteiger partial charge on any atom is -0.482 e. The summed E-state index contributed by atoms with van der Waals surface area (Å²) in [6.45, 7) is 1.15. The third kappa shape index (κ3) is 8.21. The van der Waals surface area contributed by atoms with Crippen LogP contribution in [-0.2, 0) is 14.4 Å². The van der Waals surface area contributed by atoms with Crippen molar-refractivity contribution in [2.24, 2.45) is 0 Å². The van der Waals surface area contributed by atoms with Crippen molar-refractivity contribution in [3.8, 4) is 5.75 Å². The van der Waals surface area contributed by atoms with Crippen LogP contribution in [0.15, 0.2) is 46.8 Å². The molecule has 0 saturated carbocycles. The molecular weight excluding hydrogens is 509 g/mol. The van der Waals surface area contributed by atoms with Crippen molar-refractivity contribution in [2.75, 3.05) is 28.3 Å². The molecule has 33 heavy (non-hydrogen) atoms. The number of rotatable bonds is 9. The van der Waals surface area contributed by atoms with Crippen LogP contribution >= 0.6 is 46.3 Å². The van der Waals surface area contributed by atoms with E-state index in [0.29, 0.717) is 31.5 Å². The van der Waals surface area contributed by atoms with Crippen LogP contribution in [0.25, 0.3) is 0 Å². The van der Waals surface area contributed by atoms with E-state index < -0.39 is 5.91 Å². The largest absolute Gasteiger partial charge is 0.482 e. The minimum absolute atomic E-state index is 0.105. The van der Waals surface area contributed by atoms with Gasteiger partial charge in [0, 0.05) is 23.3 Å². The number of nitrogens with zero attached hydrogens (tertiary/aromatic N) is 2. The number of aromatic nitrogens is 2. The highest BCUT2D eigenvalue weighted by molar-refractivity contribution is 8.01. The first-order valence-electron chi connectivity index (χ1n) is 9.30. The molecule has 3 rings (SSSR count). The number of amides is 3. The monoisotopic (exact) mass is 525 g/mol. The van der Waals surface area contributed by atoms with E-state index in [9.17, 15) is 14.4 Å². The summed E-state index contributed by atoms with van der Waals surface area (Å²) >= 11 is 14.1. The molecule has 0 aliphatic rings. The molecule has 3 amide bonds. The van der Waals surface area contributed by atoms with Gasteiger partial charge in [-0.3, -0.25) is 19.7 Å². The summed E-state index contributed by atoms with van der Waals surface area (Å²) in [7, 11) is 0. The van der Waals surface area contributed by atoms with E-state index in [1.54, 1.807) is 36.4 Å². The molecule has 2 aromatic carbocycles. The van der Waals surface area contributed by atoms with Gasteiger partial charge in [-0.15, -0.1) is 10.2 Å². The predicted octanol–water partition coefficient (Wildman–Crippen LogP) is 4.55. The third-order valence-corrected chi connectivity index (χ3v) is 6.22. The molecule has 1 aromatic heterocycles. The Morgan fingerprint density at radius 3 is 2.33 bits per heavy atom. The highest BCUT2D eigenvalue weighted by Crippen LogP contribution is 2.28. The van der Waals surface area contributed by atoms with E-state index in [1.807, 2.05) is 0 Å². The van der Waals surface area contributed by atoms with Crippen LogP contribution < -0.4 is 20.7 Å². The van der Waals surface area contributed by atoms with Crippen LogP contribution in [0, 0.1) is 0 Å². The average molecular weight is 526 g/mol. The number of hydrogen-bond acceptors (Lipinski definition) is 8. The lowest BCUT2D eigenvalue weighted by molar-refractivity contribution is -0.118. The van der Waals surface area contributed by atoms with E-state index in [0.717, 1.165) is 11.3 Å². The van der Waals surface area contributed by atoms with Gasteiger partial charge in [-0.2, -0.15) is 0 Å². The minimum atomic E-state index is -0.436. The molecule has 0 saturated heterocycles. The van der Waals surface area contributed by atoms with Crippen molar-refractivity contribution >= 4 is 80.5 Å². The first-order chi connectivity index (χ1) is 15.8. The number of carbonyl (C=O) groups is 3. The summed E-state index contributed by atoms with van der Waals surface area (Å²) in [5.41, 5.74) is 1.24. The van der Waals surface area contributed by atoms with Gasteiger partial charge < -0.3 is 15.4 Å². The standard InChI is InChI=1S/C20H17Cl2N5O4S2/c1-11(28)23-13-3-5-14(6-4-13)24-18(30)10-32-20-27-26-19(33-20)25-17(29)9-31-16-7-2-12(21)8-15(16)22/h2-8H,9-10H2,1H3,(H,23,28)(H,24,30)(H,25,26,29). The van der Waals surface area contributed by atoms with Gasteiger partial charge >= 0.3 is 0 Å². The molecule has 0 bridgehead atoms. The highest BCUT2D eigenvalue weighted by Gasteiger charge is 2.12. The topological polar surface area (TPSA) is 122 Å². The maximum atomic E-state index is 12.2. The van der Waals surface area contributed by atoms with Gasteiger partial charge in [-0.1, -0.05) is 46.3 Å². The molecule has 9 nitrogen and oxygen atoms in total. The second kappa shape index (κ2) is 11.8. The summed E-state index contributed by atoms with van der Waals surface area (Å²) < 4.78 is 5.89. The number of thioether (sulfide) groups is 1. The Morgan fingerprint density at radius 1 is 0.970 bits per heavy atom. The molecule has 0 aliphatic heterocycles. The molecule has 3 N–H and O–H groups in total. The van der Waals surface area contributed by atoms with Crippen molar-refractivity contribution in [1.29, 1.82) is 0 Å². The van der Waals surface area contributed by atoms with Crippen LogP contribution in [-0.4, -0.2) is 40.3 Å². The first kappa shape index (κ1) is 24.8. The maximum absolute atomic E-state index is 12.2. The summed E-state index contributed by atoms with van der Waals surface area (Å²) in [4.78, 5) is 35.3. The summed E-state index contributed by atoms with van der Waals surface area (Å²) in [6, 6.07) is 11.4. The van der Waals surface area contributed by atoms with Crippen LogP contribution in [0.2, 0.25) is 10.0 Å². The van der Waals surface area contributed by atoms with E-state index >= 15 is 0 Å². The van der Waals surface area contributed by atoms with E-state index in [2.05, 4.69) is 26.1 Å². The Balaban J connectivity index is 1.42. The predicted molar refractivity (Wildman–Crippen MR) is 131 cm³/mol. The van der Waals surface area contributed by atoms with Gasteiger partial charge in [0.25, 0.3) is 5.91 Å². The number of halogens is 2. The van der Waals surface area contributed by atoms with Gasteiger partial charge in [-0.25, -0.2) is 0 Å². The van der Waals surface area contributed by atoms with E-state index in [1.165, 1.54) is 24.8 Å². The Morgan fingerprint density at radius 2 is 1.67 bits per heavy atom. The van der Waals surface area contributed by atoms with Gasteiger partial charge in [0.2, 0.25) is 16.9 Å². The van der Waals surface area contributed by atoms with Gasteiger partial charge in [-0.05, 0) is 42.5 Å². The maximum Gasteiger partial charge on any atom is 0.264 e. The van der Waals surface area contributed by atoms with E-state index in [4.69, 9.17) is 27.9 Å². The number of carbonyl (C=O) groups excluding carboxylic acids is 3. The Kier molecular flexibility index (Phi) is 8.89. The molecule has 0 atom stereocenters. The zero-order valence-electron chi connectivity index (χ0n) is 17.1. The second-order valence-corrected chi connectivity index (χ2v) is 9.42. The second-order valence-electron chi connectivity index (χ2n) is 6.38. The first-order valence-corrected chi connectivity index (χ1v) is 11.9. The SMILES string of the molecule is CC(=O)Nc1ccc(NC(=O)CSc2nnc(NC(=O)COc3ccc(Cl)cc3Cl)s2)cc1. The van der Waals surface area contributed by atoms with Crippen molar-refractivity contribution in [2.45, 2.75) is 11.3 Å². The fraction of sp³-hybridized carbons (Fsp3) is 0.150. The molecular formula is C20H17Cl2N5O4S2. The average Bonchev–Trinajstić information content (AvgIpc) is 3.20. The summed E-state index contributed by atoms with van der Waals surface area (Å²) in [6.07, 6.45) is 0. The van der Waals surface area contributed by atoms with Crippen LogP contribution in [0.5, 0.6) is 5.75 Å². The molecule has 0 spiro atoms. The molecule has 0 fully saturated rings. The number of anilines is 3. The lowest BCUT2D eigenvalue weighted by Crippen LogP contribution is -2.20. The lowest BCUT2D eigenvalue weighted by atomic mass is 10.3. The van der Waals surface area contributed by atoms with Crippen LogP contribution in [0.4, 0.5) is 16.5 Å². The smallest absolute Gasteiger partial charge is 0.264 e. The Labute approximate surface area is 207 Å². The van der Waals surface area contributed by atoms with Crippen LogP contribution in [0.3, 0.4) is 0 Å². The number of ether oxygens (including phenoxy) is 1. The molecule has 0 radical (unpaired) electrons. The van der Waals surface area contributed by atoms with Crippen molar-refractivity contribution in [1.82, 2.24) is 10.2 Å². The molecule has 0 aliphatic carbocycles. The van der Waals surface area contributed by atoms with Crippen LogP contribution in [0.1, 0.15) is 6.92 Å². The number of nitrogens with one attached hydrogen (secondary N) is 3. The van der Waals surface area contributed by atoms with Crippen molar-refractivity contribution in [3.05, 3.63) is 52.5 Å². The normalized spacial score (nSPS) is 10.4. The molecule has 172 valence electrons. The molecule has 3 aromatic rings. The van der Waals surface area contributed by atoms with Gasteiger partial charge in [0.05, 0.1) is 10.8 Å². The van der Waals surface area contributed by atoms with Crippen molar-refractivity contribution < 1.29 is 19.1 Å².